The first-order chi connectivity index (χ1) is 4.16. The molecule has 0 heterocycles. The summed E-state index contributed by atoms with van der Waals surface area (Å²) in [7, 11) is 0. The van der Waals surface area contributed by atoms with Crippen LogP contribution in [0.15, 0.2) is 11.6 Å². The lowest BCUT2D eigenvalue weighted by Crippen LogP contribution is -2.30. The third-order valence-electron chi connectivity index (χ3n) is 0.663. The maximum atomic E-state index is 10.4. The van der Waals surface area contributed by atoms with Gasteiger partial charge in [-0.2, -0.15) is 0 Å². The average molecular weight is 149 g/mol. The summed E-state index contributed by atoms with van der Waals surface area (Å²) in [6, 6.07) is 0. The highest BCUT2D eigenvalue weighted by Gasteiger charge is 1.94. The Hall–Kier alpha value is -0.540. The SMILES string of the molecule is C=C(Cl)CNC(=O)CN. The molecule has 3 N–H and O–H groups in total. The maximum absolute atomic E-state index is 10.4. The molecule has 0 spiro atoms. The molecular weight excluding hydrogens is 140 g/mol. The van der Waals surface area contributed by atoms with Crippen molar-refractivity contribution in [2.75, 3.05) is 13.1 Å². The van der Waals surface area contributed by atoms with Gasteiger partial charge in [0.1, 0.15) is 0 Å². The van der Waals surface area contributed by atoms with Crippen molar-refractivity contribution in [1.29, 1.82) is 0 Å². The number of carbonyl (C=O) groups excluding carboxylic acids is 1. The second-order valence-corrected chi connectivity index (χ2v) is 2.03. The van der Waals surface area contributed by atoms with Gasteiger partial charge in [-0.25, -0.2) is 0 Å². The van der Waals surface area contributed by atoms with Crippen molar-refractivity contribution < 1.29 is 4.79 Å². The first-order valence-electron chi connectivity index (χ1n) is 2.47. The van der Waals surface area contributed by atoms with Crippen molar-refractivity contribution >= 4 is 17.5 Å². The number of nitrogens with one attached hydrogen (secondary N) is 1. The van der Waals surface area contributed by atoms with Crippen molar-refractivity contribution in [2.45, 2.75) is 0 Å². The van der Waals surface area contributed by atoms with Crippen LogP contribution in [0.25, 0.3) is 0 Å². The minimum absolute atomic E-state index is 0.00975. The topological polar surface area (TPSA) is 55.1 Å². The fourth-order valence-corrected chi connectivity index (χ4v) is 0.333. The molecule has 0 rings (SSSR count). The van der Waals surface area contributed by atoms with Gasteiger partial charge >= 0.3 is 0 Å². The van der Waals surface area contributed by atoms with Crippen LogP contribution in [0, 0.1) is 0 Å². The van der Waals surface area contributed by atoms with E-state index in [1.165, 1.54) is 0 Å². The van der Waals surface area contributed by atoms with Gasteiger partial charge in [-0.05, 0) is 0 Å². The molecule has 0 saturated heterocycles. The molecule has 4 heteroatoms. The van der Waals surface area contributed by atoms with Gasteiger partial charge in [-0.3, -0.25) is 4.79 Å². The molecule has 0 bridgehead atoms. The smallest absolute Gasteiger partial charge is 0.234 e. The lowest BCUT2D eigenvalue weighted by atomic mass is 10.5. The number of amides is 1. The number of hydrogen-bond donors (Lipinski definition) is 2. The lowest BCUT2D eigenvalue weighted by molar-refractivity contribution is -0.119. The van der Waals surface area contributed by atoms with Gasteiger partial charge in [0.05, 0.1) is 13.1 Å². The molecule has 3 nitrogen and oxygen atoms in total. The highest BCUT2D eigenvalue weighted by molar-refractivity contribution is 6.29. The Kier molecular flexibility index (Phi) is 4.09. The van der Waals surface area contributed by atoms with Crippen LogP contribution < -0.4 is 11.1 Å². The first-order valence-corrected chi connectivity index (χ1v) is 2.84. The fraction of sp³-hybridized carbons (Fsp3) is 0.400. The van der Waals surface area contributed by atoms with Crippen molar-refractivity contribution in [3.8, 4) is 0 Å². The monoisotopic (exact) mass is 148 g/mol. The summed E-state index contributed by atoms with van der Waals surface area (Å²) >= 11 is 5.33. The van der Waals surface area contributed by atoms with E-state index in [-0.39, 0.29) is 19.0 Å². The molecular formula is C5H9ClN2O. The first kappa shape index (κ1) is 8.46. The quantitative estimate of drug-likeness (QED) is 0.583. The van der Waals surface area contributed by atoms with Gasteiger partial charge in [-0.1, -0.05) is 18.2 Å². The molecule has 0 radical (unpaired) electrons. The van der Waals surface area contributed by atoms with E-state index >= 15 is 0 Å². The summed E-state index contributed by atoms with van der Waals surface area (Å²) < 4.78 is 0. The molecule has 0 saturated carbocycles. The van der Waals surface area contributed by atoms with E-state index in [1.54, 1.807) is 0 Å². The zero-order chi connectivity index (χ0) is 7.28. The zero-order valence-corrected chi connectivity index (χ0v) is 5.74. The molecule has 0 aromatic rings. The van der Waals surface area contributed by atoms with E-state index in [9.17, 15) is 4.79 Å². The molecule has 9 heavy (non-hydrogen) atoms. The van der Waals surface area contributed by atoms with Gasteiger partial charge in [0.15, 0.2) is 0 Å². The molecule has 0 aliphatic heterocycles. The van der Waals surface area contributed by atoms with Crippen molar-refractivity contribution in [1.82, 2.24) is 5.32 Å². The minimum Gasteiger partial charge on any atom is -0.350 e. The third-order valence-corrected chi connectivity index (χ3v) is 0.796. The van der Waals surface area contributed by atoms with Crippen LogP contribution in [0.2, 0.25) is 0 Å². The Morgan fingerprint density at radius 2 is 2.33 bits per heavy atom. The molecule has 52 valence electrons. The molecule has 0 atom stereocenters. The van der Waals surface area contributed by atoms with Gasteiger partial charge in [-0.15, -0.1) is 0 Å². The summed E-state index contributed by atoms with van der Waals surface area (Å²) in [6.07, 6.45) is 0. The molecule has 0 aliphatic carbocycles. The number of rotatable bonds is 3. The predicted octanol–water partition coefficient (Wildman–Crippen LogP) is -0.186. The second kappa shape index (κ2) is 4.35. The minimum atomic E-state index is -0.225. The van der Waals surface area contributed by atoms with Crippen LogP contribution in [0.1, 0.15) is 0 Å². The van der Waals surface area contributed by atoms with Crippen LogP contribution >= 0.6 is 11.6 Å². The van der Waals surface area contributed by atoms with E-state index < -0.39 is 0 Å². The van der Waals surface area contributed by atoms with E-state index in [1.807, 2.05) is 0 Å². The molecule has 0 aromatic heterocycles. The van der Waals surface area contributed by atoms with Crippen LogP contribution in [-0.2, 0) is 4.79 Å². The Labute approximate surface area is 58.9 Å². The van der Waals surface area contributed by atoms with Crippen LogP contribution in [-0.4, -0.2) is 19.0 Å². The van der Waals surface area contributed by atoms with E-state index in [0.717, 1.165) is 0 Å². The average Bonchev–Trinajstić information content (AvgIpc) is 1.83. The van der Waals surface area contributed by atoms with E-state index in [0.29, 0.717) is 5.03 Å². The normalized spacial score (nSPS) is 8.67. The van der Waals surface area contributed by atoms with Gasteiger partial charge in [0.25, 0.3) is 0 Å². The molecule has 0 aliphatic rings. The third kappa shape index (κ3) is 5.33. The van der Waals surface area contributed by atoms with Gasteiger partial charge < -0.3 is 11.1 Å². The predicted molar refractivity (Wildman–Crippen MR) is 37.1 cm³/mol. The van der Waals surface area contributed by atoms with Crippen LogP contribution in [0.3, 0.4) is 0 Å². The van der Waals surface area contributed by atoms with Crippen molar-refractivity contribution in [3.05, 3.63) is 11.6 Å². The standard InChI is InChI=1S/C5H9ClN2O/c1-4(6)3-8-5(9)2-7/h1-3,7H2,(H,8,9). The highest BCUT2D eigenvalue weighted by Crippen LogP contribution is 1.90. The Balaban J connectivity index is 3.28. The maximum Gasteiger partial charge on any atom is 0.234 e. The number of carbonyl (C=O) groups is 1. The van der Waals surface area contributed by atoms with Crippen molar-refractivity contribution in [3.63, 3.8) is 0 Å². The highest BCUT2D eigenvalue weighted by atomic mass is 35.5. The number of nitrogens with two attached hydrogens (primary N) is 1. The molecule has 0 aromatic carbocycles. The molecule has 1 amide bonds. The summed E-state index contributed by atoms with van der Waals surface area (Å²) in [5.41, 5.74) is 4.97. The number of hydrogen-bond acceptors (Lipinski definition) is 2. The van der Waals surface area contributed by atoms with Crippen LogP contribution in [0.5, 0.6) is 0 Å². The lowest BCUT2D eigenvalue weighted by Gasteiger charge is -1.98. The molecule has 0 unspecified atom stereocenters. The summed E-state index contributed by atoms with van der Waals surface area (Å²) in [5, 5.41) is 2.84. The van der Waals surface area contributed by atoms with Gasteiger partial charge in [0.2, 0.25) is 5.91 Å². The van der Waals surface area contributed by atoms with Gasteiger partial charge in [0, 0.05) is 5.03 Å². The molecule has 0 fully saturated rings. The summed E-state index contributed by atoms with van der Waals surface area (Å²) in [4.78, 5) is 10.4. The fourth-order valence-electron chi connectivity index (χ4n) is 0.267. The summed E-state index contributed by atoms with van der Waals surface area (Å²) in [5.74, 6) is -0.225. The van der Waals surface area contributed by atoms with E-state index in [4.69, 9.17) is 17.3 Å². The Bertz CT molecular complexity index is 124. The zero-order valence-electron chi connectivity index (χ0n) is 4.98. The van der Waals surface area contributed by atoms with Crippen LogP contribution in [0.4, 0.5) is 0 Å². The number of halogens is 1. The Morgan fingerprint density at radius 1 is 1.78 bits per heavy atom. The van der Waals surface area contributed by atoms with E-state index in [2.05, 4.69) is 11.9 Å². The second-order valence-electron chi connectivity index (χ2n) is 1.50. The largest absolute Gasteiger partial charge is 0.350 e. The Morgan fingerprint density at radius 3 is 2.67 bits per heavy atom. The van der Waals surface area contributed by atoms with Crippen molar-refractivity contribution in [2.24, 2.45) is 5.73 Å². The summed E-state index contributed by atoms with van der Waals surface area (Å²) in [6.45, 7) is 3.65.